The zero-order valence-corrected chi connectivity index (χ0v) is 26.4. The van der Waals surface area contributed by atoms with Crippen molar-refractivity contribution in [1.82, 2.24) is 5.32 Å². The molecule has 2 fully saturated rings. The molecule has 2 aromatic rings. The molecule has 1 spiro atoms. The molecular formula is C33H35Cl3N2O4. The summed E-state index contributed by atoms with van der Waals surface area (Å²) in [6.45, 7) is 8.26. The van der Waals surface area contributed by atoms with Gasteiger partial charge in [0.15, 0.2) is 0 Å². The van der Waals surface area contributed by atoms with Crippen molar-refractivity contribution in [3.63, 3.8) is 0 Å². The summed E-state index contributed by atoms with van der Waals surface area (Å²) in [6, 6.07) is 10.1. The standard InChI is InChI=1S/C33H35Cl3N2O4/c1-31(2)16-22(17-32(3,4)42-31)41-27-11-9-20(35)13-23(27)29-33(24-10-8-21(36)14-26(24)37-30(33)40)25(15-28(39)38-29)18-6-5-7-19(34)12-18/h5-11,13-14,18,22,25,29H,12,15-17H2,1-4H3,(H,37,40)(H,38,39)/t18-,25?,29+,33+/m1/s1. The van der Waals surface area contributed by atoms with Gasteiger partial charge in [0.25, 0.3) is 0 Å². The van der Waals surface area contributed by atoms with Crippen LogP contribution >= 0.6 is 34.8 Å². The Morgan fingerprint density at radius 2 is 1.62 bits per heavy atom. The molecule has 0 aromatic heterocycles. The van der Waals surface area contributed by atoms with Gasteiger partial charge in [-0.3, -0.25) is 9.59 Å². The van der Waals surface area contributed by atoms with Crippen LogP contribution in [0.1, 0.15) is 70.5 Å². The molecule has 2 aromatic carbocycles. The van der Waals surface area contributed by atoms with Gasteiger partial charge in [-0.2, -0.15) is 0 Å². The molecule has 4 aliphatic rings. The lowest BCUT2D eigenvalue weighted by Crippen LogP contribution is -2.59. The van der Waals surface area contributed by atoms with E-state index in [9.17, 15) is 9.59 Å². The van der Waals surface area contributed by atoms with Crippen LogP contribution in [0.15, 0.2) is 59.7 Å². The normalized spacial score (nSPS) is 30.0. The summed E-state index contributed by atoms with van der Waals surface area (Å²) in [5.74, 6) is -0.318. The Labute approximate surface area is 261 Å². The lowest BCUT2D eigenvalue weighted by molar-refractivity contribution is -0.182. The van der Waals surface area contributed by atoms with E-state index in [4.69, 9.17) is 44.3 Å². The summed E-state index contributed by atoms with van der Waals surface area (Å²) in [6.07, 6.45) is 7.72. The molecule has 0 radical (unpaired) electrons. The fourth-order valence-electron chi connectivity index (χ4n) is 7.76. The van der Waals surface area contributed by atoms with Crippen molar-refractivity contribution in [3.05, 3.63) is 80.8 Å². The third-order valence-corrected chi connectivity index (χ3v) is 9.70. The second kappa shape index (κ2) is 10.6. The van der Waals surface area contributed by atoms with Crippen LogP contribution in [0.5, 0.6) is 5.75 Å². The van der Waals surface area contributed by atoms with Crippen LogP contribution in [-0.4, -0.2) is 29.1 Å². The third kappa shape index (κ3) is 5.25. The van der Waals surface area contributed by atoms with Gasteiger partial charge in [0.1, 0.15) is 17.3 Å². The quantitative estimate of drug-likeness (QED) is 0.361. The fraction of sp³-hybridized carbons (Fsp3) is 0.455. The average molecular weight is 630 g/mol. The number of carbonyl (C=O) groups excluding carboxylic acids is 2. The summed E-state index contributed by atoms with van der Waals surface area (Å²) >= 11 is 19.5. The van der Waals surface area contributed by atoms with Crippen LogP contribution in [0.2, 0.25) is 10.0 Å². The van der Waals surface area contributed by atoms with Crippen LogP contribution in [0.25, 0.3) is 0 Å². The van der Waals surface area contributed by atoms with Crippen molar-refractivity contribution in [2.45, 2.75) is 82.1 Å². The molecule has 9 heteroatoms. The number of carbonyl (C=O) groups is 2. The van der Waals surface area contributed by atoms with Crippen molar-refractivity contribution < 1.29 is 19.1 Å². The molecule has 0 saturated carbocycles. The van der Waals surface area contributed by atoms with Crippen LogP contribution < -0.4 is 15.4 Å². The number of anilines is 1. The highest BCUT2D eigenvalue weighted by atomic mass is 35.5. The van der Waals surface area contributed by atoms with E-state index in [2.05, 4.69) is 44.4 Å². The molecule has 0 bridgehead atoms. The Hall–Kier alpha value is -2.51. The molecule has 1 aliphatic carbocycles. The molecular weight excluding hydrogens is 595 g/mol. The Morgan fingerprint density at radius 1 is 0.929 bits per heavy atom. The molecule has 2 amide bonds. The van der Waals surface area contributed by atoms with Crippen molar-refractivity contribution >= 4 is 52.3 Å². The smallest absolute Gasteiger partial charge is 0.237 e. The van der Waals surface area contributed by atoms with E-state index in [0.29, 0.717) is 51.3 Å². The van der Waals surface area contributed by atoms with Crippen LogP contribution in [0, 0.1) is 11.8 Å². The first-order chi connectivity index (χ1) is 19.8. The lowest BCUT2D eigenvalue weighted by Gasteiger charge is -2.49. The van der Waals surface area contributed by atoms with E-state index in [0.717, 1.165) is 5.56 Å². The number of allylic oxidation sites excluding steroid dienone is 4. The third-order valence-electron chi connectivity index (χ3n) is 8.95. The van der Waals surface area contributed by atoms with Gasteiger partial charge in [0, 0.05) is 45.6 Å². The summed E-state index contributed by atoms with van der Waals surface area (Å²) in [5.41, 5.74) is 0.140. The maximum absolute atomic E-state index is 14.4. The number of piperidine rings is 1. The Bertz CT molecular complexity index is 1500. The number of nitrogens with one attached hydrogen (secondary N) is 2. The predicted molar refractivity (Wildman–Crippen MR) is 166 cm³/mol. The van der Waals surface area contributed by atoms with Crippen molar-refractivity contribution in [2.75, 3.05) is 5.32 Å². The van der Waals surface area contributed by atoms with Gasteiger partial charge < -0.3 is 20.1 Å². The minimum absolute atomic E-state index is 0.149. The number of hydrogen-bond donors (Lipinski definition) is 2. The maximum atomic E-state index is 14.4. The number of benzene rings is 2. The van der Waals surface area contributed by atoms with E-state index in [1.54, 1.807) is 18.2 Å². The van der Waals surface area contributed by atoms with Crippen LogP contribution in [-0.2, 0) is 19.7 Å². The highest BCUT2D eigenvalue weighted by molar-refractivity contribution is 6.31. The average Bonchev–Trinajstić information content (AvgIpc) is 3.15. The summed E-state index contributed by atoms with van der Waals surface area (Å²) in [5, 5.41) is 7.98. The highest BCUT2D eigenvalue weighted by Crippen LogP contribution is 2.58. The van der Waals surface area contributed by atoms with Gasteiger partial charge in [-0.1, -0.05) is 53.0 Å². The summed E-state index contributed by atoms with van der Waals surface area (Å²) < 4.78 is 13.1. The van der Waals surface area contributed by atoms with Crippen molar-refractivity contribution in [2.24, 2.45) is 11.8 Å². The minimum atomic E-state index is -1.17. The number of fused-ring (bicyclic) bond motifs is 2. The van der Waals surface area contributed by atoms with Gasteiger partial charge in [-0.15, -0.1) is 0 Å². The zero-order valence-electron chi connectivity index (χ0n) is 24.1. The second-order valence-electron chi connectivity index (χ2n) is 13.1. The Kier molecular flexibility index (Phi) is 7.45. The summed E-state index contributed by atoms with van der Waals surface area (Å²) in [7, 11) is 0. The number of hydrogen-bond acceptors (Lipinski definition) is 4. The number of rotatable bonds is 4. The number of halogens is 3. The number of amides is 2. The molecule has 1 unspecified atom stereocenters. The van der Waals surface area contributed by atoms with E-state index in [-0.39, 0.29) is 41.5 Å². The highest BCUT2D eigenvalue weighted by Gasteiger charge is 2.62. The molecule has 3 aliphatic heterocycles. The summed E-state index contributed by atoms with van der Waals surface area (Å²) in [4.78, 5) is 28.0. The SMILES string of the molecule is CC1(C)CC(Oc2ccc(Cl)cc2[C@@H]2NC(=O)CC([C@@H]3C=CC=C(Cl)C3)[C@]23C(=O)Nc2cc(Cl)ccc23)CC(C)(C)O1. The first-order valence-corrected chi connectivity index (χ1v) is 15.5. The van der Waals surface area contributed by atoms with Crippen LogP contribution in [0.3, 0.4) is 0 Å². The first-order valence-electron chi connectivity index (χ1n) is 14.4. The monoisotopic (exact) mass is 628 g/mol. The van der Waals surface area contributed by atoms with E-state index >= 15 is 0 Å². The number of ether oxygens (including phenoxy) is 2. The first kappa shape index (κ1) is 29.6. The van der Waals surface area contributed by atoms with Gasteiger partial charge >= 0.3 is 0 Å². The maximum Gasteiger partial charge on any atom is 0.237 e. The molecule has 4 atom stereocenters. The van der Waals surface area contributed by atoms with Gasteiger partial charge in [-0.05, 0) is 87.9 Å². The van der Waals surface area contributed by atoms with Gasteiger partial charge in [0.2, 0.25) is 11.8 Å². The Morgan fingerprint density at radius 3 is 2.33 bits per heavy atom. The van der Waals surface area contributed by atoms with Crippen molar-refractivity contribution in [3.8, 4) is 5.75 Å². The lowest BCUT2D eigenvalue weighted by atomic mass is 9.57. The van der Waals surface area contributed by atoms with E-state index in [1.807, 2.05) is 30.4 Å². The zero-order chi connectivity index (χ0) is 30.0. The molecule has 2 N–H and O–H groups in total. The molecule has 6 nitrogen and oxygen atoms in total. The Balaban J connectivity index is 1.51. The van der Waals surface area contributed by atoms with Crippen molar-refractivity contribution in [1.29, 1.82) is 0 Å². The molecule has 3 heterocycles. The fourth-order valence-corrected chi connectivity index (χ4v) is 8.36. The van der Waals surface area contributed by atoms with Crippen LogP contribution in [0.4, 0.5) is 5.69 Å². The van der Waals surface area contributed by atoms with Gasteiger partial charge in [-0.25, -0.2) is 0 Å². The topological polar surface area (TPSA) is 76.7 Å². The molecule has 222 valence electrons. The van der Waals surface area contributed by atoms with E-state index in [1.165, 1.54) is 0 Å². The largest absolute Gasteiger partial charge is 0.490 e. The molecule has 6 rings (SSSR count). The molecule has 42 heavy (non-hydrogen) atoms. The molecule has 2 saturated heterocycles. The van der Waals surface area contributed by atoms with E-state index < -0.39 is 17.4 Å². The predicted octanol–water partition coefficient (Wildman–Crippen LogP) is 7.87. The second-order valence-corrected chi connectivity index (χ2v) is 14.5. The minimum Gasteiger partial charge on any atom is -0.490 e. The van der Waals surface area contributed by atoms with Gasteiger partial charge in [0.05, 0.1) is 17.2 Å².